The molecule has 0 atom stereocenters. The van der Waals surface area contributed by atoms with Crippen LogP contribution in [0.1, 0.15) is 11.9 Å². The molecule has 0 radical (unpaired) electrons. The van der Waals surface area contributed by atoms with Crippen molar-refractivity contribution < 1.29 is 9.84 Å². The van der Waals surface area contributed by atoms with E-state index in [1.807, 2.05) is 31.2 Å². The first-order valence-electron chi connectivity index (χ1n) is 5.13. The molecule has 16 heavy (non-hydrogen) atoms. The molecule has 2 rings (SSSR count). The Morgan fingerprint density at radius 1 is 1.38 bits per heavy atom. The maximum atomic E-state index is 8.99. The SMILES string of the molecule is CCOc1ccccc1-c1cnc(CO)s1. The van der Waals surface area contributed by atoms with Crippen molar-refractivity contribution in [1.29, 1.82) is 0 Å². The van der Waals surface area contributed by atoms with Gasteiger partial charge in [0.2, 0.25) is 0 Å². The lowest BCUT2D eigenvalue weighted by molar-refractivity contribution is 0.281. The van der Waals surface area contributed by atoms with Crippen LogP contribution in [0.15, 0.2) is 30.5 Å². The van der Waals surface area contributed by atoms with Gasteiger partial charge in [0.05, 0.1) is 18.1 Å². The van der Waals surface area contributed by atoms with Crippen molar-refractivity contribution in [3.8, 4) is 16.2 Å². The Labute approximate surface area is 98.4 Å². The van der Waals surface area contributed by atoms with Crippen molar-refractivity contribution in [3.63, 3.8) is 0 Å². The van der Waals surface area contributed by atoms with Crippen molar-refractivity contribution in [2.75, 3.05) is 6.61 Å². The van der Waals surface area contributed by atoms with Gasteiger partial charge in [-0.05, 0) is 19.1 Å². The van der Waals surface area contributed by atoms with Gasteiger partial charge in [0, 0.05) is 11.8 Å². The second-order valence-corrected chi connectivity index (χ2v) is 4.32. The number of para-hydroxylation sites is 1. The summed E-state index contributed by atoms with van der Waals surface area (Å²) in [5.41, 5.74) is 1.03. The quantitative estimate of drug-likeness (QED) is 0.886. The smallest absolute Gasteiger partial charge is 0.127 e. The van der Waals surface area contributed by atoms with E-state index in [2.05, 4.69) is 4.98 Å². The lowest BCUT2D eigenvalue weighted by Gasteiger charge is -2.07. The molecule has 0 fully saturated rings. The maximum Gasteiger partial charge on any atom is 0.127 e. The van der Waals surface area contributed by atoms with Gasteiger partial charge in [-0.1, -0.05) is 12.1 Å². The summed E-state index contributed by atoms with van der Waals surface area (Å²) in [6.45, 7) is 2.59. The predicted molar refractivity (Wildman–Crippen MR) is 64.6 cm³/mol. The van der Waals surface area contributed by atoms with E-state index in [0.29, 0.717) is 6.61 Å². The fourth-order valence-corrected chi connectivity index (χ4v) is 2.27. The van der Waals surface area contributed by atoms with Crippen LogP contribution in [0.4, 0.5) is 0 Å². The molecular weight excluding hydrogens is 222 g/mol. The third kappa shape index (κ3) is 2.23. The van der Waals surface area contributed by atoms with Gasteiger partial charge in [-0.2, -0.15) is 0 Å². The molecule has 1 aromatic carbocycles. The molecule has 0 saturated heterocycles. The first-order valence-corrected chi connectivity index (χ1v) is 5.94. The van der Waals surface area contributed by atoms with Gasteiger partial charge in [0.25, 0.3) is 0 Å². The zero-order valence-corrected chi connectivity index (χ0v) is 9.83. The van der Waals surface area contributed by atoms with Gasteiger partial charge >= 0.3 is 0 Å². The van der Waals surface area contributed by atoms with E-state index in [1.54, 1.807) is 6.20 Å². The fraction of sp³-hybridized carbons (Fsp3) is 0.250. The monoisotopic (exact) mass is 235 g/mol. The van der Waals surface area contributed by atoms with Crippen LogP contribution in [-0.2, 0) is 6.61 Å². The molecule has 4 heteroatoms. The van der Waals surface area contributed by atoms with Crippen LogP contribution >= 0.6 is 11.3 Å². The fourth-order valence-electron chi connectivity index (χ4n) is 1.46. The Morgan fingerprint density at radius 3 is 2.88 bits per heavy atom. The van der Waals surface area contributed by atoms with E-state index in [1.165, 1.54) is 11.3 Å². The summed E-state index contributed by atoms with van der Waals surface area (Å²) in [4.78, 5) is 5.15. The summed E-state index contributed by atoms with van der Waals surface area (Å²) in [5.74, 6) is 0.859. The van der Waals surface area contributed by atoms with Gasteiger partial charge in [0.1, 0.15) is 10.8 Å². The van der Waals surface area contributed by atoms with Crippen molar-refractivity contribution in [2.24, 2.45) is 0 Å². The Bertz CT molecular complexity index is 468. The second-order valence-electron chi connectivity index (χ2n) is 3.21. The molecule has 0 aliphatic carbocycles. The molecule has 1 aromatic heterocycles. The molecule has 1 heterocycles. The highest BCUT2D eigenvalue weighted by molar-refractivity contribution is 7.15. The zero-order chi connectivity index (χ0) is 11.4. The van der Waals surface area contributed by atoms with Crippen LogP contribution in [0.2, 0.25) is 0 Å². The lowest BCUT2D eigenvalue weighted by Crippen LogP contribution is -1.92. The highest BCUT2D eigenvalue weighted by atomic mass is 32.1. The van der Waals surface area contributed by atoms with E-state index < -0.39 is 0 Å². The first kappa shape index (κ1) is 11.1. The molecule has 0 amide bonds. The number of ether oxygens (including phenoxy) is 1. The number of aliphatic hydroxyl groups excluding tert-OH is 1. The number of hydrogen-bond acceptors (Lipinski definition) is 4. The second kappa shape index (κ2) is 5.09. The lowest BCUT2D eigenvalue weighted by atomic mass is 10.2. The van der Waals surface area contributed by atoms with Crippen LogP contribution in [0, 0.1) is 0 Å². The largest absolute Gasteiger partial charge is 0.493 e. The number of nitrogens with zero attached hydrogens (tertiary/aromatic N) is 1. The summed E-state index contributed by atoms with van der Waals surface area (Å²) in [7, 11) is 0. The molecule has 1 N–H and O–H groups in total. The molecule has 0 aliphatic heterocycles. The zero-order valence-electron chi connectivity index (χ0n) is 9.01. The van der Waals surface area contributed by atoms with Crippen molar-refractivity contribution in [2.45, 2.75) is 13.5 Å². The number of hydrogen-bond donors (Lipinski definition) is 1. The normalized spacial score (nSPS) is 10.4. The molecule has 2 aromatic rings. The number of rotatable bonds is 4. The standard InChI is InChI=1S/C12H13NO2S/c1-2-15-10-6-4-3-5-9(10)11-7-13-12(8-14)16-11/h3-7,14H,2,8H2,1H3. The Balaban J connectivity index is 2.38. The van der Waals surface area contributed by atoms with Crippen molar-refractivity contribution in [1.82, 2.24) is 4.98 Å². The summed E-state index contributed by atoms with van der Waals surface area (Å²) >= 11 is 1.48. The summed E-state index contributed by atoms with van der Waals surface area (Å²) in [6, 6.07) is 7.86. The van der Waals surface area contributed by atoms with E-state index in [4.69, 9.17) is 9.84 Å². The minimum absolute atomic E-state index is 0.0124. The molecular formula is C12H13NO2S. The molecule has 0 unspecified atom stereocenters. The molecule has 3 nitrogen and oxygen atoms in total. The van der Waals surface area contributed by atoms with Crippen LogP contribution in [0.5, 0.6) is 5.75 Å². The topological polar surface area (TPSA) is 42.4 Å². The average molecular weight is 235 g/mol. The van der Waals surface area contributed by atoms with Gasteiger partial charge in [-0.15, -0.1) is 11.3 Å². The van der Waals surface area contributed by atoms with Gasteiger partial charge in [0.15, 0.2) is 0 Å². The molecule has 0 saturated carbocycles. The average Bonchev–Trinajstić information content (AvgIpc) is 2.79. The number of thiazole rings is 1. The van der Waals surface area contributed by atoms with Crippen LogP contribution in [-0.4, -0.2) is 16.7 Å². The van der Waals surface area contributed by atoms with Crippen LogP contribution in [0.25, 0.3) is 10.4 Å². The molecule has 84 valence electrons. The minimum atomic E-state index is -0.0124. The summed E-state index contributed by atoms with van der Waals surface area (Å²) < 4.78 is 5.55. The van der Waals surface area contributed by atoms with E-state index in [-0.39, 0.29) is 6.61 Å². The summed E-state index contributed by atoms with van der Waals surface area (Å²) in [5, 5.41) is 9.71. The maximum absolute atomic E-state index is 8.99. The van der Waals surface area contributed by atoms with Crippen LogP contribution in [0.3, 0.4) is 0 Å². The molecule has 0 spiro atoms. The predicted octanol–water partition coefficient (Wildman–Crippen LogP) is 2.70. The van der Waals surface area contributed by atoms with Crippen molar-refractivity contribution >= 4 is 11.3 Å². The van der Waals surface area contributed by atoms with Gasteiger partial charge in [-0.3, -0.25) is 0 Å². The van der Waals surface area contributed by atoms with E-state index in [9.17, 15) is 0 Å². The van der Waals surface area contributed by atoms with Crippen LogP contribution < -0.4 is 4.74 Å². The van der Waals surface area contributed by atoms with E-state index in [0.717, 1.165) is 21.2 Å². The Hall–Kier alpha value is -1.39. The molecule has 0 aliphatic rings. The Kier molecular flexibility index (Phi) is 3.54. The molecule has 0 bridgehead atoms. The third-order valence-electron chi connectivity index (χ3n) is 2.14. The number of benzene rings is 1. The Morgan fingerprint density at radius 2 is 2.19 bits per heavy atom. The third-order valence-corrected chi connectivity index (χ3v) is 3.16. The number of aliphatic hydroxyl groups is 1. The number of aromatic nitrogens is 1. The highest BCUT2D eigenvalue weighted by Crippen LogP contribution is 2.33. The first-order chi connectivity index (χ1) is 7.85. The minimum Gasteiger partial charge on any atom is -0.493 e. The van der Waals surface area contributed by atoms with Gasteiger partial charge < -0.3 is 9.84 Å². The summed E-state index contributed by atoms with van der Waals surface area (Å²) in [6.07, 6.45) is 1.77. The van der Waals surface area contributed by atoms with E-state index >= 15 is 0 Å². The van der Waals surface area contributed by atoms with Crippen molar-refractivity contribution in [3.05, 3.63) is 35.5 Å². The highest BCUT2D eigenvalue weighted by Gasteiger charge is 2.08. The van der Waals surface area contributed by atoms with Gasteiger partial charge in [-0.25, -0.2) is 4.98 Å².